The van der Waals surface area contributed by atoms with Crippen LogP contribution in [0.2, 0.25) is 5.02 Å². The molecule has 0 amide bonds. The molecule has 0 saturated heterocycles. The first-order valence-electron chi connectivity index (χ1n) is 5.00. The number of halogens is 1. The molecule has 0 aromatic heterocycles. The van der Waals surface area contributed by atoms with Crippen LogP contribution < -0.4 is 4.74 Å². The second-order valence-electron chi connectivity index (χ2n) is 3.48. The fourth-order valence-corrected chi connectivity index (χ4v) is 2.09. The van der Waals surface area contributed by atoms with Crippen molar-refractivity contribution in [3.63, 3.8) is 0 Å². The van der Waals surface area contributed by atoms with Crippen LogP contribution in [-0.4, -0.2) is 12.2 Å². The van der Waals surface area contributed by atoms with Crippen molar-refractivity contribution in [1.29, 1.82) is 5.26 Å². The Hall–Kier alpha value is -1.37. The number of hydrogen-bond donors (Lipinski definition) is 0. The standard InChI is InChI=1S/C13H10ClNOS/c1-17-8-16-12-5-4-10-3-2-9(7-15)6-11(10)13(12)14/h2-6H,8H2,1H3. The summed E-state index contributed by atoms with van der Waals surface area (Å²) >= 11 is 7.85. The molecule has 86 valence electrons. The Morgan fingerprint density at radius 3 is 2.82 bits per heavy atom. The highest BCUT2D eigenvalue weighted by Crippen LogP contribution is 2.33. The summed E-state index contributed by atoms with van der Waals surface area (Å²) in [6.07, 6.45) is 1.96. The predicted molar refractivity (Wildman–Crippen MR) is 72.7 cm³/mol. The summed E-state index contributed by atoms with van der Waals surface area (Å²) in [5, 5.41) is 11.3. The van der Waals surface area contributed by atoms with Gasteiger partial charge in [0.05, 0.1) is 16.7 Å². The first-order valence-corrected chi connectivity index (χ1v) is 6.77. The third kappa shape index (κ3) is 2.49. The lowest BCUT2D eigenvalue weighted by atomic mass is 10.1. The van der Waals surface area contributed by atoms with E-state index in [4.69, 9.17) is 21.6 Å². The van der Waals surface area contributed by atoms with Gasteiger partial charge in [-0.05, 0) is 29.8 Å². The van der Waals surface area contributed by atoms with Crippen LogP contribution in [0.25, 0.3) is 10.8 Å². The zero-order valence-corrected chi connectivity index (χ0v) is 10.8. The Morgan fingerprint density at radius 1 is 1.35 bits per heavy atom. The second kappa shape index (κ2) is 5.31. The molecular weight excluding hydrogens is 254 g/mol. The van der Waals surface area contributed by atoms with Crippen LogP contribution in [0.4, 0.5) is 0 Å². The second-order valence-corrected chi connectivity index (χ2v) is 4.67. The summed E-state index contributed by atoms with van der Waals surface area (Å²) in [7, 11) is 0. The van der Waals surface area contributed by atoms with E-state index in [1.807, 2.05) is 24.5 Å². The Balaban J connectivity index is 2.53. The van der Waals surface area contributed by atoms with Gasteiger partial charge in [-0.15, -0.1) is 11.8 Å². The lowest BCUT2D eigenvalue weighted by Crippen LogP contribution is -1.92. The summed E-state index contributed by atoms with van der Waals surface area (Å²) in [5.41, 5.74) is 0.599. The van der Waals surface area contributed by atoms with E-state index in [2.05, 4.69) is 6.07 Å². The van der Waals surface area contributed by atoms with Crippen molar-refractivity contribution in [2.75, 3.05) is 12.2 Å². The summed E-state index contributed by atoms with van der Waals surface area (Å²) in [6.45, 7) is 0. The zero-order chi connectivity index (χ0) is 12.3. The molecular formula is C13H10ClNOS. The first kappa shape index (κ1) is 12.1. The largest absolute Gasteiger partial charge is 0.481 e. The third-order valence-corrected chi connectivity index (χ3v) is 3.13. The number of benzene rings is 2. The maximum Gasteiger partial charge on any atom is 0.139 e. The van der Waals surface area contributed by atoms with E-state index in [0.717, 1.165) is 10.8 Å². The normalized spacial score (nSPS) is 10.2. The van der Waals surface area contributed by atoms with Gasteiger partial charge in [0.2, 0.25) is 0 Å². The highest BCUT2D eigenvalue weighted by Gasteiger charge is 2.07. The molecule has 0 bridgehead atoms. The highest BCUT2D eigenvalue weighted by molar-refractivity contribution is 7.98. The third-order valence-electron chi connectivity index (χ3n) is 2.38. The smallest absolute Gasteiger partial charge is 0.139 e. The molecule has 0 aliphatic heterocycles. The van der Waals surface area contributed by atoms with Gasteiger partial charge in [0.25, 0.3) is 0 Å². The molecule has 2 nitrogen and oxygen atoms in total. The topological polar surface area (TPSA) is 33.0 Å². The average Bonchev–Trinajstić information content (AvgIpc) is 2.38. The van der Waals surface area contributed by atoms with Gasteiger partial charge in [-0.1, -0.05) is 23.7 Å². The van der Waals surface area contributed by atoms with E-state index < -0.39 is 0 Å². The van der Waals surface area contributed by atoms with Gasteiger partial charge >= 0.3 is 0 Å². The van der Waals surface area contributed by atoms with Crippen LogP contribution in [0.15, 0.2) is 30.3 Å². The summed E-state index contributed by atoms with van der Waals surface area (Å²) in [5.74, 6) is 1.21. The van der Waals surface area contributed by atoms with E-state index in [0.29, 0.717) is 22.3 Å². The SMILES string of the molecule is CSCOc1ccc2ccc(C#N)cc2c1Cl. The average molecular weight is 264 g/mol. The molecule has 0 N–H and O–H groups in total. The quantitative estimate of drug-likeness (QED) is 0.783. The molecule has 0 fully saturated rings. The van der Waals surface area contributed by atoms with Crippen molar-refractivity contribution in [1.82, 2.24) is 0 Å². The molecule has 4 heteroatoms. The van der Waals surface area contributed by atoms with Crippen LogP contribution >= 0.6 is 23.4 Å². The van der Waals surface area contributed by atoms with E-state index in [1.165, 1.54) is 0 Å². The summed E-state index contributed by atoms with van der Waals surface area (Å²) < 4.78 is 5.52. The van der Waals surface area contributed by atoms with Crippen LogP contribution in [0, 0.1) is 11.3 Å². The number of rotatable bonds is 3. The van der Waals surface area contributed by atoms with Gasteiger partial charge in [0.1, 0.15) is 11.7 Å². The van der Waals surface area contributed by atoms with Crippen molar-refractivity contribution >= 4 is 34.1 Å². The molecule has 0 aliphatic rings. The number of fused-ring (bicyclic) bond motifs is 1. The van der Waals surface area contributed by atoms with Gasteiger partial charge < -0.3 is 4.74 Å². The number of ether oxygens (including phenoxy) is 1. The van der Waals surface area contributed by atoms with Gasteiger partial charge in [-0.3, -0.25) is 0 Å². The molecule has 0 unspecified atom stereocenters. The zero-order valence-electron chi connectivity index (χ0n) is 9.24. The minimum atomic E-state index is 0.559. The minimum absolute atomic E-state index is 0.559. The fraction of sp³-hybridized carbons (Fsp3) is 0.154. The highest BCUT2D eigenvalue weighted by atomic mass is 35.5. The Morgan fingerprint density at radius 2 is 2.12 bits per heavy atom. The minimum Gasteiger partial charge on any atom is -0.481 e. The predicted octanol–water partition coefficient (Wildman–Crippen LogP) is 4.06. The first-order chi connectivity index (χ1) is 8.26. The molecule has 0 atom stereocenters. The van der Waals surface area contributed by atoms with E-state index in [9.17, 15) is 0 Å². The molecule has 2 rings (SSSR count). The van der Waals surface area contributed by atoms with Gasteiger partial charge in [-0.2, -0.15) is 5.26 Å². The maximum atomic E-state index is 8.87. The number of thioether (sulfide) groups is 1. The van der Waals surface area contributed by atoms with Crippen molar-refractivity contribution in [3.8, 4) is 11.8 Å². The van der Waals surface area contributed by atoms with Crippen LogP contribution in [0.5, 0.6) is 5.75 Å². The molecule has 0 spiro atoms. The summed E-state index contributed by atoms with van der Waals surface area (Å²) in [4.78, 5) is 0. The fourth-order valence-electron chi connectivity index (χ4n) is 1.57. The molecule has 2 aromatic rings. The molecule has 2 aromatic carbocycles. The maximum absolute atomic E-state index is 8.87. The monoisotopic (exact) mass is 263 g/mol. The van der Waals surface area contributed by atoms with E-state index in [1.54, 1.807) is 23.9 Å². The van der Waals surface area contributed by atoms with Gasteiger partial charge in [0, 0.05) is 5.39 Å². The lowest BCUT2D eigenvalue weighted by molar-refractivity contribution is 0.394. The van der Waals surface area contributed by atoms with Gasteiger partial charge in [-0.25, -0.2) is 0 Å². The molecule has 17 heavy (non-hydrogen) atoms. The van der Waals surface area contributed by atoms with Gasteiger partial charge in [0.15, 0.2) is 0 Å². The van der Waals surface area contributed by atoms with Crippen molar-refractivity contribution in [2.24, 2.45) is 0 Å². The number of hydrogen-bond acceptors (Lipinski definition) is 3. The number of nitrogens with zero attached hydrogens (tertiary/aromatic N) is 1. The Labute approximate surface area is 109 Å². The molecule has 0 radical (unpaired) electrons. The summed E-state index contributed by atoms with van der Waals surface area (Å²) in [6, 6.07) is 11.3. The molecule has 0 aliphatic carbocycles. The van der Waals surface area contributed by atoms with Crippen LogP contribution in [0.1, 0.15) is 5.56 Å². The van der Waals surface area contributed by atoms with Crippen LogP contribution in [-0.2, 0) is 0 Å². The lowest BCUT2D eigenvalue weighted by Gasteiger charge is -2.09. The van der Waals surface area contributed by atoms with E-state index in [-0.39, 0.29) is 0 Å². The Bertz CT molecular complexity index is 592. The number of nitriles is 1. The van der Waals surface area contributed by atoms with E-state index >= 15 is 0 Å². The van der Waals surface area contributed by atoms with Crippen molar-refractivity contribution in [3.05, 3.63) is 40.9 Å². The van der Waals surface area contributed by atoms with Crippen molar-refractivity contribution < 1.29 is 4.74 Å². The van der Waals surface area contributed by atoms with Crippen molar-refractivity contribution in [2.45, 2.75) is 0 Å². The Kier molecular flexibility index (Phi) is 3.78. The van der Waals surface area contributed by atoms with Crippen LogP contribution in [0.3, 0.4) is 0 Å². The molecule has 0 saturated carbocycles. The molecule has 0 heterocycles.